The molecule has 1 N–H and O–H groups in total. The second-order valence-electron chi connectivity index (χ2n) is 8.07. The van der Waals surface area contributed by atoms with Crippen molar-refractivity contribution >= 4 is 16.8 Å². The predicted molar refractivity (Wildman–Crippen MR) is 111 cm³/mol. The lowest BCUT2D eigenvalue weighted by Gasteiger charge is -2.18. The number of hydrogen-bond donors (Lipinski definition) is 1. The van der Waals surface area contributed by atoms with E-state index in [2.05, 4.69) is 20.6 Å². The molecule has 2 aromatic carbocycles. The van der Waals surface area contributed by atoms with Gasteiger partial charge in [0.05, 0.1) is 5.39 Å². The Hall–Kier alpha value is -3.48. The van der Waals surface area contributed by atoms with Crippen molar-refractivity contribution in [2.24, 2.45) is 5.92 Å². The molecule has 2 heterocycles. The van der Waals surface area contributed by atoms with Crippen molar-refractivity contribution in [3.63, 3.8) is 0 Å². The summed E-state index contributed by atoms with van der Waals surface area (Å²) in [7, 11) is 0. The van der Waals surface area contributed by atoms with Crippen LogP contribution in [-0.4, -0.2) is 21.2 Å². The molecule has 1 fully saturated rings. The third-order valence-corrected chi connectivity index (χ3v) is 5.39. The molecule has 1 amide bonds. The van der Waals surface area contributed by atoms with Crippen molar-refractivity contribution in [3.05, 3.63) is 65.8 Å². The van der Waals surface area contributed by atoms with Gasteiger partial charge in [-0.2, -0.15) is 4.98 Å². The van der Waals surface area contributed by atoms with Crippen LogP contribution in [0, 0.1) is 5.92 Å². The Morgan fingerprint density at radius 3 is 2.60 bits per heavy atom. The number of benzene rings is 2. The number of carbonyl (C=O) groups is 1. The molecule has 0 bridgehead atoms. The van der Waals surface area contributed by atoms with Gasteiger partial charge in [0.1, 0.15) is 11.6 Å². The van der Waals surface area contributed by atoms with Crippen LogP contribution in [0.2, 0.25) is 0 Å². The maximum atomic E-state index is 13.0. The molecule has 4 aromatic rings. The molecule has 152 valence electrons. The molecule has 1 saturated carbocycles. The summed E-state index contributed by atoms with van der Waals surface area (Å²) in [4.78, 5) is 17.6. The van der Waals surface area contributed by atoms with Crippen LogP contribution in [0.15, 0.2) is 57.6 Å². The molecule has 30 heavy (non-hydrogen) atoms. The van der Waals surface area contributed by atoms with Gasteiger partial charge in [-0.25, -0.2) is 0 Å². The smallest absolute Gasteiger partial charge is 0.251 e. The Morgan fingerprint density at radius 2 is 1.87 bits per heavy atom. The summed E-state index contributed by atoms with van der Waals surface area (Å²) < 4.78 is 11.0. The van der Waals surface area contributed by atoms with Crippen molar-refractivity contribution in [2.75, 3.05) is 0 Å². The number of hydrogen-bond acceptors (Lipinski definition) is 6. The number of amides is 1. The Labute approximate surface area is 173 Å². The van der Waals surface area contributed by atoms with Gasteiger partial charge in [-0.15, -0.1) is 0 Å². The summed E-state index contributed by atoms with van der Waals surface area (Å²) in [5.74, 6) is 2.13. The van der Waals surface area contributed by atoms with E-state index in [4.69, 9.17) is 9.05 Å². The topological polar surface area (TPSA) is 94.1 Å². The van der Waals surface area contributed by atoms with Gasteiger partial charge in [-0.05, 0) is 37.0 Å². The summed E-state index contributed by atoms with van der Waals surface area (Å²) in [5.41, 5.74) is 2.14. The van der Waals surface area contributed by atoms with Gasteiger partial charge < -0.3 is 14.4 Å². The van der Waals surface area contributed by atoms with E-state index in [1.807, 2.05) is 50.2 Å². The Morgan fingerprint density at radius 1 is 1.07 bits per heavy atom. The third-order valence-electron chi connectivity index (χ3n) is 5.39. The highest BCUT2D eigenvalue weighted by Gasteiger charge is 2.31. The molecular formula is C23H22N4O3. The second-order valence-corrected chi connectivity index (χ2v) is 8.07. The van der Waals surface area contributed by atoms with Crippen LogP contribution in [-0.2, 0) is 0 Å². The van der Waals surface area contributed by atoms with Crippen molar-refractivity contribution in [1.82, 2.24) is 20.6 Å². The third kappa shape index (κ3) is 3.47. The molecule has 1 unspecified atom stereocenters. The molecular weight excluding hydrogens is 380 g/mol. The largest absolute Gasteiger partial charge is 0.355 e. The van der Waals surface area contributed by atoms with E-state index in [-0.39, 0.29) is 17.9 Å². The Balaban J connectivity index is 1.43. The molecule has 2 aromatic heterocycles. The van der Waals surface area contributed by atoms with Gasteiger partial charge in [0.2, 0.25) is 5.89 Å². The number of fused-ring (bicyclic) bond motifs is 1. The second kappa shape index (κ2) is 7.40. The van der Waals surface area contributed by atoms with E-state index in [9.17, 15) is 4.79 Å². The zero-order valence-corrected chi connectivity index (χ0v) is 16.8. The van der Waals surface area contributed by atoms with Crippen molar-refractivity contribution < 1.29 is 13.8 Å². The lowest BCUT2D eigenvalue weighted by Crippen LogP contribution is -2.32. The molecule has 7 heteroatoms. The molecule has 0 radical (unpaired) electrons. The van der Waals surface area contributed by atoms with Gasteiger partial charge in [0.25, 0.3) is 5.91 Å². The zero-order valence-electron chi connectivity index (χ0n) is 16.8. The average Bonchev–Trinajstić information content (AvgIpc) is 3.34. The highest BCUT2D eigenvalue weighted by Crippen LogP contribution is 2.38. The number of carbonyl (C=O) groups excluding carboxylic acids is 1. The molecule has 1 aliphatic rings. The van der Waals surface area contributed by atoms with Crippen LogP contribution in [0.25, 0.3) is 22.2 Å². The molecule has 1 aliphatic carbocycles. The van der Waals surface area contributed by atoms with E-state index < -0.39 is 0 Å². The Kier molecular flexibility index (Phi) is 4.58. The fourth-order valence-electron chi connectivity index (χ4n) is 3.50. The summed E-state index contributed by atoms with van der Waals surface area (Å²) in [6.45, 7) is 4.03. The van der Waals surface area contributed by atoms with Crippen LogP contribution >= 0.6 is 0 Å². The quantitative estimate of drug-likeness (QED) is 0.494. The minimum Gasteiger partial charge on any atom is -0.355 e. The van der Waals surface area contributed by atoms with Gasteiger partial charge in [0, 0.05) is 17.0 Å². The monoisotopic (exact) mass is 402 g/mol. The average molecular weight is 402 g/mol. The van der Waals surface area contributed by atoms with E-state index in [1.54, 1.807) is 12.1 Å². The van der Waals surface area contributed by atoms with Crippen LogP contribution in [0.5, 0.6) is 0 Å². The van der Waals surface area contributed by atoms with Gasteiger partial charge in [-0.1, -0.05) is 54.5 Å². The molecule has 0 aliphatic heterocycles. The van der Waals surface area contributed by atoms with Gasteiger partial charge in [-0.3, -0.25) is 4.79 Å². The highest BCUT2D eigenvalue weighted by molar-refractivity contribution is 6.01. The zero-order chi connectivity index (χ0) is 20.7. The van der Waals surface area contributed by atoms with Crippen LogP contribution in [0.1, 0.15) is 60.7 Å². The summed E-state index contributed by atoms with van der Waals surface area (Å²) in [5, 5.41) is 12.0. The summed E-state index contributed by atoms with van der Waals surface area (Å²) >= 11 is 0. The van der Waals surface area contributed by atoms with E-state index in [1.165, 1.54) is 0 Å². The van der Waals surface area contributed by atoms with Crippen LogP contribution in [0.3, 0.4) is 0 Å². The number of rotatable bonds is 6. The van der Waals surface area contributed by atoms with Crippen LogP contribution < -0.4 is 5.32 Å². The standard InChI is InChI=1S/C23H22N4O3/c1-13(2)19(23-25-21(27-30-23)15-8-9-15)24-22(28)16-10-11-18-17(12-16)20(29-26-18)14-6-4-3-5-7-14/h3-7,10-13,15,19H,8-9H2,1-2H3,(H,24,28). The number of nitrogens with one attached hydrogen (secondary N) is 1. The SMILES string of the molecule is CC(C)C(NC(=O)c1ccc2noc(-c3ccccc3)c2c1)c1nc(C2CC2)no1. The van der Waals surface area contributed by atoms with E-state index in [0.29, 0.717) is 28.6 Å². The Bertz CT molecular complexity index is 1190. The highest BCUT2D eigenvalue weighted by atomic mass is 16.5. The summed E-state index contributed by atoms with van der Waals surface area (Å²) in [6, 6.07) is 14.7. The van der Waals surface area contributed by atoms with Crippen molar-refractivity contribution in [1.29, 1.82) is 0 Å². The van der Waals surface area contributed by atoms with Gasteiger partial charge >= 0.3 is 0 Å². The number of nitrogens with zero attached hydrogens (tertiary/aromatic N) is 3. The first-order chi connectivity index (χ1) is 14.6. The lowest BCUT2D eigenvalue weighted by molar-refractivity contribution is 0.0914. The maximum Gasteiger partial charge on any atom is 0.251 e. The van der Waals surface area contributed by atoms with Crippen molar-refractivity contribution in [3.8, 4) is 11.3 Å². The molecule has 0 spiro atoms. The first kappa shape index (κ1) is 18.5. The predicted octanol–water partition coefficient (Wildman–Crippen LogP) is 4.88. The fraction of sp³-hybridized carbons (Fsp3) is 0.304. The number of aromatic nitrogens is 3. The lowest BCUT2D eigenvalue weighted by atomic mass is 10.0. The fourth-order valence-corrected chi connectivity index (χ4v) is 3.50. The molecule has 7 nitrogen and oxygen atoms in total. The summed E-state index contributed by atoms with van der Waals surface area (Å²) in [6.07, 6.45) is 2.19. The first-order valence-electron chi connectivity index (χ1n) is 10.2. The molecule has 5 rings (SSSR count). The maximum absolute atomic E-state index is 13.0. The van der Waals surface area contributed by atoms with E-state index >= 15 is 0 Å². The van der Waals surface area contributed by atoms with Crippen molar-refractivity contribution in [2.45, 2.75) is 38.6 Å². The minimum atomic E-state index is -0.357. The molecule has 0 saturated heterocycles. The normalized spacial score (nSPS) is 14.9. The molecule has 1 atom stereocenters. The first-order valence-corrected chi connectivity index (χ1v) is 10.2. The van der Waals surface area contributed by atoms with Gasteiger partial charge in [0.15, 0.2) is 11.6 Å². The minimum absolute atomic E-state index is 0.0978. The van der Waals surface area contributed by atoms with Crippen LogP contribution in [0.4, 0.5) is 0 Å². The van der Waals surface area contributed by atoms with E-state index in [0.717, 1.165) is 29.6 Å².